The van der Waals surface area contributed by atoms with E-state index in [1.54, 1.807) is 37.4 Å². The van der Waals surface area contributed by atoms with E-state index in [0.717, 1.165) is 5.56 Å². The number of Topliss-reactive ketones (excluding diaryl/α,β-unsaturated/α-hetero) is 1. The largest absolute Gasteiger partial charge is 0.507 e. The summed E-state index contributed by atoms with van der Waals surface area (Å²) < 4.78 is 28.8. The number of primary sulfonamides is 1. The van der Waals surface area contributed by atoms with E-state index in [2.05, 4.69) is 0 Å². The molecule has 36 heavy (non-hydrogen) atoms. The molecule has 188 valence electrons. The summed E-state index contributed by atoms with van der Waals surface area (Å²) in [5, 5.41) is 18.4. The van der Waals surface area contributed by atoms with Gasteiger partial charge >= 0.3 is 0 Å². The lowest BCUT2D eigenvalue weighted by Gasteiger charge is -2.25. The van der Waals surface area contributed by atoms with E-state index in [1.807, 2.05) is 26.2 Å². The van der Waals surface area contributed by atoms with Gasteiger partial charge in [-0.25, -0.2) is 13.6 Å². The molecule has 1 saturated heterocycles. The highest BCUT2D eigenvalue weighted by atomic mass is 32.2. The quantitative estimate of drug-likeness (QED) is 0.289. The number of amides is 1. The smallest absolute Gasteiger partial charge is 0.300 e. The van der Waals surface area contributed by atoms with Crippen molar-refractivity contribution in [3.8, 4) is 5.75 Å². The van der Waals surface area contributed by atoms with Crippen LogP contribution in [0.25, 0.3) is 5.76 Å². The van der Waals surface area contributed by atoms with Crippen LogP contribution >= 0.6 is 11.3 Å². The number of thiophene rings is 1. The third-order valence-electron chi connectivity index (χ3n) is 5.98. The van der Waals surface area contributed by atoms with Crippen molar-refractivity contribution in [2.45, 2.75) is 37.1 Å². The first-order chi connectivity index (χ1) is 16.8. The second-order valence-corrected chi connectivity index (χ2v) is 11.9. The molecule has 1 atom stereocenters. The maximum atomic E-state index is 13.3. The third-order valence-corrected chi connectivity index (χ3v) is 7.84. The van der Waals surface area contributed by atoms with Gasteiger partial charge in [0.2, 0.25) is 10.0 Å². The summed E-state index contributed by atoms with van der Waals surface area (Å²) in [4.78, 5) is 28.3. The zero-order valence-electron chi connectivity index (χ0n) is 20.2. The van der Waals surface area contributed by atoms with Gasteiger partial charge in [-0.1, -0.05) is 26.8 Å². The van der Waals surface area contributed by atoms with Gasteiger partial charge in [-0.05, 0) is 59.3 Å². The number of carbonyl (C=O) groups is 2. The first-order valence-electron chi connectivity index (χ1n) is 11.0. The molecule has 0 aliphatic carbocycles. The molecule has 1 amide bonds. The van der Waals surface area contributed by atoms with Crippen molar-refractivity contribution in [3.63, 3.8) is 0 Å². The average molecular weight is 527 g/mol. The van der Waals surface area contributed by atoms with Gasteiger partial charge in [-0.2, -0.15) is 0 Å². The first-order valence-corrected chi connectivity index (χ1v) is 13.4. The van der Waals surface area contributed by atoms with Gasteiger partial charge in [-0.3, -0.25) is 14.5 Å². The number of methoxy groups -OCH3 is 1. The van der Waals surface area contributed by atoms with Gasteiger partial charge in [0.1, 0.15) is 17.6 Å². The van der Waals surface area contributed by atoms with Gasteiger partial charge < -0.3 is 9.84 Å². The Labute approximate surface area is 213 Å². The molecule has 2 heterocycles. The number of rotatable bonds is 5. The van der Waals surface area contributed by atoms with E-state index >= 15 is 0 Å². The third kappa shape index (κ3) is 4.55. The van der Waals surface area contributed by atoms with Gasteiger partial charge in [0, 0.05) is 21.7 Å². The summed E-state index contributed by atoms with van der Waals surface area (Å²) in [7, 11) is -2.37. The van der Waals surface area contributed by atoms with Crippen molar-refractivity contribution in [2.24, 2.45) is 5.14 Å². The number of hydrogen-bond acceptors (Lipinski definition) is 7. The Morgan fingerprint density at radius 3 is 2.28 bits per heavy atom. The van der Waals surface area contributed by atoms with Gasteiger partial charge in [0.05, 0.1) is 17.6 Å². The maximum Gasteiger partial charge on any atom is 0.300 e. The highest BCUT2D eigenvalue weighted by Crippen LogP contribution is 2.44. The van der Waals surface area contributed by atoms with E-state index in [9.17, 15) is 23.1 Å². The van der Waals surface area contributed by atoms with Crippen LogP contribution < -0.4 is 14.8 Å². The van der Waals surface area contributed by atoms with Crippen molar-refractivity contribution in [2.75, 3.05) is 12.0 Å². The van der Waals surface area contributed by atoms with E-state index in [-0.39, 0.29) is 21.6 Å². The minimum Gasteiger partial charge on any atom is -0.507 e. The fourth-order valence-corrected chi connectivity index (χ4v) is 5.55. The molecule has 0 saturated carbocycles. The monoisotopic (exact) mass is 526 g/mol. The molecule has 10 heteroatoms. The van der Waals surface area contributed by atoms with Gasteiger partial charge in [0.25, 0.3) is 11.7 Å². The summed E-state index contributed by atoms with van der Waals surface area (Å²) >= 11 is 1.33. The average Bonchev–Trinajstić information content (AvgIpc) is 3.44. The van der Waals surface area contributed by atoms with E-state index < -0.39 is 27.8 Å². The molecule has 0 radical (unpaired) electrons. The number of aliphatic hydroxyl groups is 1. The van der Waals surface area contributed by atoms with E-state index in [4.69, 9.17) is 9.88 Å². The fourth-order valence-electron chi connectivity index (χ4n) is 4.21. The lowest BCUT2D eigenvalue weighted by atomic mass is 9.84. The SMILES string of the molecule is COc1ccc(/C(O)=C2/C(=O)C(=O)N(c3ccc(S(N)(=O)=O)cc3)C2c2cccs2)cc1C(C)(C)C. The molecule has 1 aliphatic rings. The van der Waals surface area contributed by atoms with Crippen molar-refractivity contribution < 1.29 is 27.9 Å². The Morgan fingerprint density at radius 2 is 1.75 bits per heavy atom. The van der Waals surface area contributed by atoms with E-state index in [1.165, 1.54) is 40.5 Å². The first kappa shape index (κ1) is 25.6. The highest BCUT2D eigenvalue weighted by Gasteiger charge is 2.47. The number of carbonyl (C=O) groups excluding carboxylic acids is 2. The van der Waals surface area contributed by atoms with Crippen LogP contribution in [0.5, 0.6) is 5.75 Å². The molecule has 1 unspecified atom stereocenters. The molecule has 1 aliphatic heterocycles. The molecule has 8 nitrogen and oxygen atoms in total. The van der Waals surface area contributed by atoms with Crippen LogP contribution in [-0.2, 0) is 25.0 Å². The van der Waals surface area contributed by atoms with Crippen LogP contribution in [-0.4, -0.2) is 32.3 Å². The minimum absolute atomic E-state index is 0.0528. The van der Waals surface area contributed by atoms with Crippen LogP contribution in [0.1, 0.15) is 42.8 Å². The zero-order valence-corrected chi connectivity index (χ0v) is 21.8. The minimum atomic E-state index is -3.93. The molecule has 3 N–H and O–H groups in total. The number of hydrogen-bond donors (Lipinski definition) is 2. The molecule has 1 aromatic heterocycles. The molecule has 0 bridgehead atoms. The Morgan fingerprint density at radius 1 is 1.08 bits per heavy atom. The summed E-state index contributed by atoms with van der Waals surface area (Å²) in [5.41, 5.74) is 1.14. The van der Waals surface area contributed by atoms with Crippen LogP contribution in [0.2, 0.25) is 0 Å². The fraction of sp³-hybridized carbons (Fsp3) is 0.231. The molecule has 3 aromatic rings. The molecule has 4 rings (SSSR count). The van der Waals surface area contributed by atoms with Crippen molar-refractivity contribution in [3.05, 3.63) is 81.6 Å². The number of benzene rings is 2. The van der Waals surface area contributed by atoms with Crippen LogP contribution in [0.15, 0.2) is 70.4 Å². The number of nitrogens with two attached hydrogens (primary N) is 1. The Bertz CT molecular complexity index is 1470. The Balaban J connectivity index is 1.90. The number of ether oxygens (including phenoxy) is 1. The number of anilines is 1. The number of nitrogens with zero attached hydrogens (tertiary/aromatic N) is 1. The lowest BCUT2D eigenvalue weighted by Crippen LogP contribution is -2.29. The zero-order chi connectivity index (χ0) is 26.4. The molecule has 2 aromatic carbocycles. The molecular formula is C26H26N2O6S2. The second-order valence-electron chi connectivity index (χ2n) is 9.39. The summed E-state index contributed by atoms with van der Waals surface area (Å²) in [6, 6.07) is 13.2. The van der Waals surface area contributed by atoms with Crippen molar-refractivity contribution in [1.82, 2.24) is 0 Å². The highest BCUT2D eigenvalue weighted by molar-refractivity contribution is 7.89. The predicted octanol–water partition coefficient (Wildman–Crippen LogP) is 4.33. The molecule has 1 fully saturated rings. The maximum absolute atomic E-state index is 13.3. The molecule has 0 spiro atoms. The van der Waals surface area contributed by atoms with Crippen molar-refractivity contribution >= 4 is 44.5 Å². The second kappa shape index (κ2) is 9.20. The summed E-state index contributed by atoms with van der Waals surface area (Å²) in [6.07, 6.45) is 0. The van der Waals surface area contributed by atoms with Gasteiger partial charge in [0.15, 0.2) is 0 Å². The standard InChI is InChI=1S/C26H26N2O6S2/c1-26(2,3)18-14-15(7-12-19(18)34-4)23(29)21-22(20-6-5-13-35-20)28(25(31)24(21)30)16-8-10-17(11-9-16)36(27,32)33/h5-14,22,29H,1-4H3,(H2,27,32,33)/b23-21-. The molecular weight excluding hydrogens is 500 g/mol. The number of sulfonamides is 1. The Kier molecular flexibility index (Phi) is 6.54. The summed E-state index contributed by atoms with van der Waals surface area (Å²) in [6.45, 7) is 6.01. The van der Waals surface area contributed by atoms with Gasteiger partial charge in [-0.15, -0.1) is 11.3 Å². The Hall–Kier alpha value is -3.47. The van der Waals surface area contributed by atoms with Crippen LogP contribution in [0.4, 0.5) is 5.69 Å². The van der Waals surface area contributed by atoms with Crippen molar-refractivity contribution in [1.29, 1.82) is 0 Å². The lowest BCUT2D eigenvalue weighted by molar-refractivity contribution is -0.132. The summed E-state index contributed by atoms with van der Waals surface area (Å²) in [5.74, 6) is -1.33. The topological polar surface area (TPSA) is 127 Å². The normalized spacial score (nSPS) is 18.0. The van der Waals surface area contributed by atoms with E-state index in [0.29, 0.717) is 21.9 Å². The number of ketones is 1. The number of aliphatic hydroxyl groups excluding tert-OH is 1. The predicted molar refractivity (Wildman–Crippen MR) is 139 cm³/mol. The van der Waals surface area contributed by atoms with Crippen LogP contribution in [0, 0.1) is 0 Å². The van der Waals surface area contributed by atoms with Crippen LogP contribution in [0.3, 0.4) is 0 Å².